The van der Waals surface area contributed by atoms with Crippen molar-refractivity contribution in [3.8, 4) is 0 Å². The van der Waals surface area contributed by atoms with Crippen molar-refractivity contribution >= 4 is 0 Å². The molecule has 0 heterocycles. The Hall–Kier alpha value is -0.300. The van der Waals surface area contributed by atoms with E-state index in [1.54, 1.807) is 0 Å². The molecule has 0 aliphatic heterocycles. The van der Waals surface area contributed by atoms with Crippen molar-refractivity contribution in [1.82, 2.24) is 0 Å². The molecule has 0 aromatic heterocycles. The molecule has 0 aromatic carbocycles. The van der Waals surface area contributed by atoms with E-state index in [1.165, 1.54) is 19.3 Å². The van der Waals surface area contributed by atoms with Crippen LogP contribution in [-0.4, -0.2) is 11.2 Å². The normalized spacial score (nSPS) is 13.8. The van der Waals surface area contributed by atoms with E-state index >= 15 is 0 Å². The highest BCUT2D eigenvalue weighted by molar-refractivity contribution is 4.76. The fourth-order valence-electron chi connectivity index (χ4n) is 1.41. The Morgan fingerprint density at radius 3 is 2.46 bits per heavy atom. The molecule has 0 saturated heterocycles. The standard InChI is InChI=1S/C12H24O/c1-3-5-7-9-11-12(13)10-8-6-4-2/h3,5,12-13H,4,6-11H2,1-2H3. The molecule has 0 spiro atoms. The highest BCUT2D eigenvalue weighted by atomic mass is 16.3. The summed E-state index contributed by atoms with van der Waals surface area (Å²) >= 11 is 0. The molecule has 0 saturated carbocycles. The zero-order valence-electron chi connectivity index (χ0n) is 9.13. The van der Waals surface area contributed by atoms with E-state index in [0.717, 1.165) is 25.7 Å². The largest absolute Gasteiger partial charge is 0.393 e. The van der Waals surface area contributed by atoms with Crippen molar-refractivity contribution < 1.29 is 5.11 Å². The third-order valence-corrected chi connectivity index (χ3v) is 2.28. The van der Waals surface area contributed by atoms with Crippen LogP contribution in [0.2, 0.25) is 0 Å². The third kappa shape index (κ3) is 9.62. The fraction of sp³-hybridized carbons (Fsp3) is 0.833. The lowest BCUT2D eigenvalue weighted by Gasteiger charge is -2.08. The Balaban J connectivity index is 3.14. The van der Waals surface area contributed by atoms with Crippen LogP contribution in [0.5, 0.6) is 0 Å². The zero-order chi connectivity index (χ0) is 9.94. The molecule has 13 heavy (non-hydrogen) atoms. The number of aliphatic hydroxyl groups excluding tert-OH is 1. The molecule has 0 fully saturated rings. The minimum Gasteiger partial charge on any atom is -0.393 e. The molecule has 1 atom stereocenters. The maximum atomic E-state index is 9.55. The molecule has 1 N–H and O–H groups in total. The summed E-state index contributed by atoms with van der Waals surface area (Å²) in [6.07, 6.45) is 12.1. The molecule has 1 unspecified atom stereocenters. The second-order valence-electron chi connectivity index (χ2n) is 3.65. The van der Waals surface area contributed by atoms with Crippen LogP contribution >= 0.6 is 0 Å². The van der Waals surface area contributed by atoms with Crippen molar-refractivity contribution in [2.24, 2.45) is 0 Å². The fourth-order valence-corrected chi connectivity index (χ4v) is 1.41. The number of hydrogen-bond acceptors (Lipinski definition) is 1. The van der Waals surface area contributed by atoms with Crippen LogP contribution in [0.4, 0.5) is 0 Å². The predicted octanol–water partition coefficient (Wildman–Crippen LogP) is 3.67. The van der Waals surface area contributed by atoms with E-state index in [-0.39, 0.29) is 6.10 Å². The highest BCUT2D eigenvalue weighted by Gasteiger charge is 2.01. The topological polar surface area (TPSA) is 20.2 Å². The van der Waals surface area contributed by atoms with Gasteiger partial charge in [0, 0.05) is 0 Å². The van der Waals surface area contributed by atoms with Crippen molar-refractivity contribution in [2.45, 2.75) is 64.9 Å². The first kappa shape index (κ1) is 12.7. The summed E-state index contributed by atoms with van der Waals surface area (Å²) in [5.74, 6) is 0. The molecule has 0 rings (SSSR count). The van der Waals surface area contributed by atoms with Gasteiger partial charge in [-0.2, -0.15) is 0 Å². The van der Waals surface area contributed by atoms with Gasteiger partial charge in [-0.25, -0.2) is 0 Å². The summed E-state index contributed by atoms with van der Waals surface area (Å²) in [6.45, 7) is 4.23. The molecule has 1 nitrogen and oxygen atoms in total. The Kier molecular flexibility index (Phi) is 9.56. The lowest BCUT2D eigenvalue weighted by atomic mass is 10.1. The maximum Gasteiger partial charge on any atom is 0.0540 e. The van der Waals surface area contributed by atoms with E-state index in [2.05, 4.69) is 19.1 Å². The molecule has 1 heteroatoms. The van der Waals surface area contributed by atoms with Gasteiger partial charge in [-0.1, -0.05) is 38.3 Å². The molecule has 0 amide bonds. The van der Waals surface area contributed by atoms with Crippen molar-refractivity contribution in [2.75, 3.05) is 0 Å². The van der Waals surface area contributed by atoms with Gasteiger partial charge in [0.1, 0.15) is 0 Å². The van der Waals surface area contributed by atoms with Gasteiger partial charge in [-0.3, -0.25) is 0 Å². The average molecular weight is 184 g/mol. The lowest BCUT2D eigenvalue weighted by molar-refractivity contribution is 0.149. The van der Waals surface area contributed by atoms with E-state index in [9.17, 15) is 5.11 Å². The van der Waals surface area contributed by atoms with Gasteiger partial charge in [0.25, 0.3) is 0 Å². The second kappa shape index (κ2) is 9.79. The quantitative estimate of drug-likeness (QED) is 0.451. The number of allylic oxidation sites excluding steroid dienone is 2. The first-order chi connectivity index (χ1) is 6.31. The minimum atomic E-state index is -0.0585. The summed E-state index contributed by atoms with van der Waals surface area (Å²) in [7, 11) is 0. The monoisotopic (exact) mass is 184 g/mol. The highest BCUT2D eigenvalue weighted by Crippen LogP contribution is 2.09. The number of rotatable bonds is 8. The van der Waals surface area contributed by atoms with Gasteiger partial charge < -0.3 is 5.11 Å². The molecule has 0 radical (unpaired) electrons. The summed E-state index contributed by atoms with van der Waals surface area (Å²) in [6, 6.07) is 0. The zero-order valence-corrected chi connectivity index (χ0v) is 9.13. The molecule has 78 valence electrons. The second-order valence-corrected chi connectivity index (χ2v) is 3.65. The van der Waals surface area contributed by atoms with Crippen molar-refractivity contribution in [3.63, 3.8) is 0 Å². The summed E-state index contributed by atoms with van der Waals surface area (Å²) in [5.41, 5.74) is 0. The molecular formula is C12H24O. The number of aliphatic hydroxyl groups is 1. The van der Waals surface area contributed by atoms with Crippen LogP contribution in [0.25, 0.3) is 0 Å². The van der Waals surface area contributed by atoms with Gasteiger partial charge in [-0.05, 0) is 32.6 Å². The minimum absolute atomic E-state index is 0.0585. The SMILES string of the molecule is CC=CCCCC(O)CCCCC. The predicted molar refractivity (Wildman–Crippen MR) is 58.8 cm³/mol. The Morgan fingerprint density at radius 1 is 1.15 bits per heavy atom. The number of hydrogen-bond donors (Lipinski definition) is 1. The third-order valence-electron chi connectivity index (χ3n) is 2.28. The Labute approximate surface area is 82.9 Å². The van der Waals surface area contributed by atoms with Crippen molar-refractivity contribution in [1.29, 1.82) is 0 Å². The van der Waals surface area contributed by atoms with Gasteiger partial charge in [0.15, 0.2) is 0 Å². The van der Waals surface area contributed by atoms with Gasteiger partial charge in [-0.15, -0.1) is 0 Å². The molecular weight excluding hydrogens is 160 g/mol. The van der Waals surface area contributed by atoms with Crippen LogP contribution in [0.15, 0.2) is 12.2 Å². The first-order valence-corrected chi connectivity index (χ1v) is 5.60. The van der Waals surface area contributed by atoms with Gasteiger partial charge in [0.2, 0.25) is 0 Å². The van der Waals surface area contributed by atoms with Gasteiger partial charge >= 0.3 is 0 Å². The van der Waals surface area contributed by atoms with Crippen LogP contribution in [0, 0.1) is 0 Å². The Bertz CT molecular complexity index is 118. The van der Waals surface area contributed by atoms with Crippen LogP contribution in [0.1, 0.15) is 58.8 Å². The number of unbranched alkanes of at least 4 members (excludes halogenated alkanes) is 3. The lowest BCUT2D eigenvalue weighted by Crippen LogP contribution is -2.05. The average Bonchev–Trinajstić information content (AvgIpc) is 2.13. The summed E-state index contributed by atoms with van der Waals surface area (Å²) < 4.78 is 0. The van der Waals surface area contributed by atoms with E-state index in [1.807, 2.05) is 6.92 Å². The smallest absolute Gasteiger partial charge is 0.0540 e. The molecule has 0 aliphatic rings. The maximum absolute atomic E-state index is 9.55. The van der Waals surface area contributed by atoms with Crippen LogP contribution < -0.4 is 0 Å². The van der Waals surface area contributed by atoms with Gasteiger partial charge in [0.05, 0.1) is 6.10 Å². The van der Waals surface area contributed by atoms with Crippen molar-refractivity contribution in [3.05, 3.63) is 12.2 Å². The summed E-state index contributed by atoms with van der Waals surface area (Å²) in [4.78, 5) is 0. The molecule has 0 bridgehead atoms. The van der Waals surface area contributed by atoms with Crippen LogP contribution in [-0.2, 0) is 0 Å². The first-order valence-electron chi connectivity index (χ1n) is 5.60. The molecule has 0 aromatic rings. The van der Waals surface area contributed by atoms with E-state index in [4.69, 9.17) is 0 Å². The van der Waals surface area contributed by atoms with Crippen LogP contribution in [0.3, 0.4) is 0 Å². The summed E-state index contributed by atoms with van der Waals surface area (Å²) in [5, 5.41) is 9.55. The van der Waals surface area contributed by atoms with E-state index < -0.39 is 0 Å². The Morgan fingerprint density at radius 2 is 1.85 bits per heavy atom. The molecule has 0 aliphatic carbocycles. The van der Waals surface area contributed by atoms with E-state index in [0.29, 0.717) is 0 Å².